The van der Waals surface area contributed by atoms with Gasteiger partial charge in [-0.2, -0.15) is 4.98 Å². The van der Waals surface area contributed by atoms with E-state index in [2.05, 4.69) is 20.6 Å². The highest BCUT2D eigenvalue weighted by atomic mass is 32.2. The summed E-state index contributed by atoms with van der Waals surface area (Å²) in [6.45, 7) is -0.277. The predicted octanol–water partition coefficient (Wildman–Crippen LogP) is 2.08. The fourth-order valence-electron chi connectivity index (χ4n) is 2.45. The summed E-state index contributed by atoms with van der Waals surface area (Å²) in [6.07, 6.45) is 2.64. The van der Waals surface area contributed by atoms with Crippen molar-refractivity contribution in [3.63, 3.8) is 0 Å². The summed E-state index contributed by atoms with van der Waals surface area (Å²) in [5, 5.41) is 13.8. The predicted molar refractivity (Wildman–Crippen MR) is 106 cm³/mol. The molecule has 0 bridgehead atoms. The average Bonchev–Trinajstić information content (AvgIpc) is 3.07. The van der Waals surface area contributed by atoms with Crippen molar-refractivity contribution >= 4 is 37.1 Å². The van der Waals surface area contributed by atoms with Gasteiger partial charge in [0.05, 0.1) is 6.20 Å². The molecule has 0 saturated carbocycles. The van der Waals surface area contributed by atoms with Gasteiger partial charge in [0.15, 0.2) is 11.6 Å². The molecule has 0 aliphatic carbocycles. The number of aromatic nitrogens is 2. The molecular formula is C17H17FN4O6S2. The molecule has 0 fully saturated rings. The Morgan fingerprint density at radius 3 is 2.50 bits per heavy atom. The summed E-state index contributed by atoms with van der Waals surface area (Å²) in [5.74, 6) is -1.05. The van der Waals surface area contributed by atoms with Crippen LogP contribution in [0.1, 0.15) is 5.56 Å². The number of hydrogen-bond acceptors (Lipinski definition) is 10. The molecule has 2 aromatic heterocycles. The van der Waals surface area contributed by atoms with E-state index in [1.807, 2.05) is 0 Å². The molecule has 3 aromatic rings. The van der Waals surface area contributed by atoms with Crippen molar-refractivity contribution in [3.05, 3.63) is 47.9 Å². The molecule has 1 aromatic carbocycles. The number of hydrogen-bond donors (Lipinski definition) is 3. The van der Waals surface area contributed by atoms with Crippen molar-refractivity contribution in [3.8, 4) is 5.75 Å². The molecule has 0 spiro atoms. The first-order valence-corrected chi connectivity index (χ1v) is 12.1. The van der Waals surface area contributed by atoms with Crippen molar-refractivity contribution in [1.82, 2.24) is 9.97 Å². The zero-order valence-corrected chi connectivity index (χ0v) is 17.4. The van der Waals surface area contributed by atoms with Crippen LogP contribution in [0.5, 0.6) is 5.75 Å². The molecule has 3 rings (SSSR count). The third-order valence-corrected chi connectivity index (χ3v) is 5.69. The molecule has 0 atom stereocenters. The van der Waals surface area contributed by atoms with Crippen LogP contribution in [0.15, 0.2) is 51.1 Å². The van der Waals surface area contributed by atoms with Crippen LogP contribution in [0, 0.1) is 5.82 Å². The maximum atomic E-state index is 14.1. The van der Waals surface area contributed by atoms with Crippen molar-refractivity contribution in [1.29, 1.82) is 0 Å². The lowest BCUT2D eigenvalue weighted by atomic mass is 10.3. The zero-order chi connectivity index (χ0) is 22.1. The van der Waals surface area contributed by atoms with Gasteiger partial charge in [-0.15, -0.1) is 0 Å². The van der Waals surface area contributed by atoms with Crippen LogP contribution in [-0.4, -0.2) is 44.4 Å². The van der Waals surface area contributed by atoms with Gasteiger partial charge in [-0.1, -0.05) is 6.07 Å². The summed E-state index contributed by atoms with van der Waals surface area (Å²) < 4.78 is 66.3. The van der Waals surface area contributed by atoms with E-state index in [0.717, 1.165) is 24.8 Å². The molecule has 0 unspecified atom stereocenters. The van der Waals surface area contributed by atoms with E-state index in [9.17, 15) is 26.3 Å². The van der Waals surface area contributed by atoms with E-state index >= 15 is 0 Å². The quantitative estimate of drug-likeness (QED) is 0.482. The largest absolute Gasteiger partial charge is 0.508 e. The Balaban J connectivity index is 1.86. The molecular weight excluding hydrogens is 439 g/mol. The summed E-state index contributed by atoms with van der Waals surface area (Å²) in [6, 6.07) is 7.17. The first-order valence-electron chi connectivity index (χ1n) is 8.29. The van der Waals surface area contributed by atoms with Crippen LogP contribution in [0.4, 0.5) is 21.8 Å². The highest BCUT2D eigenvalue weighted by Gasteiger charge is 2.24. The minimum atomic E-state index is -3.87. The van der Waals surface area contributed by atoms with E-state index in [1.54, 1.807) is 12.1 Å². The SMILES string of the molecule is CS(=O)(=O)c1cc(CNc2nc(Nc3cccc(O)c3)ncc2F)c(S(C)(=O)=O)o1. The van der Waals surface area contributed by atoms with E-state index in [4.69, 9.17) is 4.42 Å². The Kier molecular flexibility index (Phi) is 5.67. The molecule has 0 saturated heterocycles. The Bertz CT molecular complexity index is 1310. The van der Waals surface area contributed by atoms with Gasteiger partial charge in [-0.3, -0.25) is 0 Å². The van der Waals surface area contributed by atoms with Gasteiger partial charge in [0, 0.05) is 42.4 Å². The maximum Gasteiger partial charge on any atom is 0.229 e. The van der Waals surface area contributed by atoms with Crippen LogP contribution in [-0.2, 0) is 26.2 Å². The summed E-state index contributed by atoms with van der Waals surface area (Å²) in [4.78, 5) is 7.77. The average molecular weight is 456 g/mol. The molecule has 160 valence electrons. The summed E-state index contributed by atoms with van der Waals surface area (Å²) in [5.41, 5.74) is 0.456. The number of benzene rings is 1. The summed E-state index contributed by atoms with van der Waals surface area (Å²) in [7, 11) is -7.66. The first-order chi connectivity index (χ1) is 13.9. The normalized spacial score (nSPS) is 12.0. The van der Waals surface area contributed by atoms with Gasteiger partial charge < -0.3 is 20.2 Å². The Morgan fingerprint density at radius 2 is 1.87 bits per heavy atom. The van der Waals surface area contributed by atoms with Crippen LogP contribution in [0.2, 0.25) is 0 Å². The number of sulfone groups is 2. The van der Waals surface area contributed by atoms with E-state index < -0.39 is 35.7 Å². The molecule has 2 heterocycles. The molecule has 30 heavy (non-hydrogen) atoms. The molecule has 0 aliphatic rings. The standard InChI is InChI=1S/C17H17FN4O6S2/c1-29(24,25)14-6-10(16(28-14)30(2,26)27)8-19-15-13(18)9-20-17(22-15)21-11-4-3-5-12(23)7-11/h3-7,9,23H,8H2,1-2H3,(H2,19,20,21,22). The van der Waals surface area contributed by atoms with Gasteiger partial charge in [-0.25, -0.2) is 26.2 Å². The Morgan fingerprint density at radius 1 is 1.13 bits per heavy atom. The van der Waals surface area contributed by atoms with Gasteiger partial charge in [-0.05, 0) is 12.1 Å². The van der Waals surface area contributed by atoms with Gasteiger partial charge >= 0.3 is 0 Å². The lowest BCUT2D eigenvalue weighted by Crippen LogP contribution is -2.08. The van der Waals surface area contributed by atoms with Crippen molar-refractivity contribution in [2.24, 2.45) is 0 Å². The second-order valence-corrected chi connectivity index (χ2v) is 10.2. The van der Waals surface area contributed by atoms with Crippen LogP contribution in [0.25, 0.3) is 0 Å². The maximum absolute atomic E-state index is 14.1. The van der Waals surface area contributed by atoms with Gasteiger partial charge in [0.2, 0.25) is 35.8 Å². The number of anilines is 3. The number of aromatic hydroxyl groups is 1. The highest BCUT2D eigenvalue weighted by molar-refractivity contribution is 7.91. The lowest BCUT2D eigenvalue weighted by molar-refractivity contribution is 0.369. The molecule has 0 amide bonds. The third-order valence-electron chi connectivity index (χ3n) is 3.74. The number of nitrogens with one attached hydrogen (secondary N) is 2. The van der Waals surface area contributed by atoms with Crippen LogP contribution in [0.3, 0.4) is 0 Å². The molecule has 0 aliphatic heterocycles. The van der Waals surface area contributed by atoms with Crippen molar-refractivity contribution < 1.29 is 30.7 Å². The third kappa shape index (κ3) is 5.04. The van der Waals surface area contributed by atoms with Crippen molar-refractivity contribution in [2.45, 2.75) is 16.7 Å². The number of rotatable bonds is 7. The minimum absolute atomic E-state index is 0.00146. The fourth-order valence-corrected chi connectivity index (χ4v) is 3.94. The zero-order valence-electron chi connectivity index (χ0n) is 15.7. The minimum Gasteiger partial charge on any atom is -0.508 e. The second kappa shape index (κ2) is 7.91. The number of nitrogens with zero attached hydrogens (tertiary/aromatic N) is 2. The lowest BCUT2D eigenvalue weighted by Gasteiger charge is -2.09. The number of phenolic OH excluding ortho intramolecular Hbond substituents is 1. The van der Waals surface area contributed by atoms with Crippen molar-refractivity contribution in [2.75, 3.05) is 23.1 Å². The number of furan rings is 1. The Labute approximate surface area is 171 Å². The van der Waals surface area contributed by atoms with E-state index in [1.165, 1.54) is 12.1 Å². The second-order valence-electron chi connectivity index (χ2n) is 6.34. The van der Waals surface area contributed by atoms with Crippen LogP contribution < -0.4 is 10.6 Å². The summed E-state index contributed by atoms with van der Waals surface area (Å²) >= 11 is 0. The molecule has 13 heteroatoms. The fraction of sp³-hybridized carbons (Fsp3) is 0.176. The van der Waals surface area contributed by atoms with Gasteiger partial charge in [0.1, 0.15) is 5.75 Å². The van der Waals surface area contributed by atoms with E-state index in [-0.39, 0.29) is 29.6 Å². The smallest absolute Gasteiger partial charge is 0.229 e. The molecule has 10 nitrogen and oxygen atoms in total. The molecule has 3 N–H and O–H groups in total. The highest BCUT2D eigenvalue weighted by Crippen LogP contribution is 2.26. The first kappa shape index (κ1) is 21.5. The van der Waals surface area contributed by atoms with E-state index in [0.29, 0.717) is 5.69 Å². The van der Waals surface area contributed by atoms with Crippen LogP contribution >= 0.6 is 0 Å². The monoisotopic (exact) mass is 456 g/mol. The molecule has 0 radical (unpaired) electrons. The number of halogens is 1. The number of phenols is 1. The van der Waals surface area contributed by atoms with Gasteiger partial charge in [0.25, 0.3) is 0 Å². The topological polar surface area (TPSA) is 151 Å². The Hall–Kier alpha value is -3.19.